The maximum atomic E-state index is 13.6. The molecule has 0 aliphatic carbocycles. The Bertz CT molecular complexity index is 1370. The van der Waals surface area contributed by atoms with E-state index in [1.54, 1.807) is 62.2 Å². The standard InChI is InChI=1S/C23H22N2O5S2/c1-5-30-22(27)19-13(2)24-23-25(21(26)18(32-23)12-15-7-6-10-31-15)20(19)16-11-14(28-3)8-9-17(16)29-4/h6-12,20H,5H2,1-4H3/b18-12-/t20-/m0/s1. The largest absolute Gasteiger partial charge is 0.497 e. The zero-order valence-corrected chi connectivity index (χ0v) is 19.7. The number of nitrogens with zero attached hydrogens (tertiary/aromatic N) is 2. The van der Waals surface area contributed by atoms with Gasteiger partial charge in [-0.05, 0) is 49.6 Å². The predicted octanol–water partition coefficient (Wildman–Crippen LogP) is 2.88. The molecule has 0 fully saturated rings. The summed E-state index contributed by atoms with van der Waals surface area (Å²) in [6, 6.07) is 8.41. The molecule has 2 aromatic heterocycles. The zero-order valence-electron chi connectivity index (χ0n) is 18.1. The number of fused-ring (bicyclic) bond motifs is 1. The number of aromatic nitrogens is 1. The number of ether oxygens (including phenoxy) is 3. The Hall–Kier alpha value is -3.17. The van der Waals surface area contributed by atoms with E-state index < -0.39 is 12.0 Å². The van der Waals surface area contributed by atoms with E-state index in [4.69, 9.17) is 14.2 Å². The second-order valence-electron chi connectivity index (χ2n) is 6.93. The Labute approximate surface area is 192 Å². The van der Waals surface area contributed by atoms with Gasteiger partial charge in [-0.1, -0.05) is 17.4 Å². The molecule has 0 amide bonds. The van der Waals surface area contributed by atoms with Crippen LogP contribution in [0.5, 0.6) is 11.5 Å². The van der Waals surface area contributed by atoms with Gasteiger partial charge in [0.25, 0.3) is 5.56 Å². The molecule has 0 bridgehead atoms. The summed E-state index contributed by atoms with van der Waals surface area (Å²) in [6.45, 7) is 3.70. The lowest BCUT2D eigenvalue weighted by atomic mass is 9.95. The molecule has 0 N–H and O–H groups in total. The van der Waals surface area contributed by atoms with Crippen LogP contribution in [-0.4, -0.2) is 31.4 Å². The van der Waals surface area contributed by atoms with Crippen molar-refractivity contribution in [2.45, 2.75) is 19.9 Å². The first-order chi connectivity index (χ1) is 15.5. The highest BCUT2D eigenvalue weighted by Crippen LogP contribution is 2.37. The number of thiazole rings is 1. The van der Waals surface area contributed by atoms with Crippen LogP contribution in [0.2, 0.25) is 0 Å². The molecule has 0 unspecified atom stereocenters. The zero-order chi connectivity index (χ0) is 22.8. The summed E-state index contributed by atoms with van der Waals surface area (Å²) in [5, 5.41) is 1.95. The van der Waals surface area contributed by atoms with E-state index in [-0.39, 0.29) is 12.2 Å². The molecule has 0 saturated carbocycles. The van der Waals surface area contributed by atoms with Gasteiger partial charge >= 0.3 is 5.97 Å². The van der Waals surface area contributed by atoms with E-state index in [1.165, 1.54) is 11.3 Å². The van der Waals surface area contributed by atoms with Crippen molar-refractivity contribution in [2.75, 3.05) is 20.8 Å². The minimum Gasteiger partial charge on any atom is -0.497 e. The second-order valence-corrected chi connectivity index (χ2v) is 8.91. The molecule has 7 nitrogen and oxygen atoms in total. The molecule has 0 spiro atoms. The number of carbonyl (C=O) groups excluding carboxylic acids is 1. The highest BCUT2D eigenvalue weighted by Gasteiger charge is 2.35. The lowest BCUT2D eigenvalue weighted by Crippen LogP contribution is -2.40. The Morgan fingerprint density at radius 3 is 2.72 bits per heavy atom. The van der Waals surface area contributed by atoms with Crippen LogP contribution in [0, 0.1) is 0 Å². The van der Waals surface area contributed by atoms with Crippen LogP contribution in [0.15, 0.2) is 56.8 Å². The van der Waals surface area contributed by atoms with Crippen molar-refractivity contribution >= 4 is 34.7 Å². The number of benzene rings is 1. The van der Waals surface area contributed by atoms with E-state index in [1.807, 2.05) is 23.6 Å². The summed E-state index contributed by atoms with van der Waals surface area (Å²) < 4.78 is 18.4. The van der Waals surface area contributed by atoms with Crippen molar-refractivity contribution in [1.82, 2.24) is 4.57 Å². The van der Waals surface area contributed by atoms with Gasteiger partial charge in [0.05, 0.1) is 36.6 Å². The van der Waals surface area contributed by atoms with Crippen molar-refractivity contribution in [3.05, 3.63) is 77.1 Å². The third-order valence-electron chi connectivity index (χ3n) is 5.07. The van der Waals surface area contributed by atoms with Gasteiger partial charge in [-0.25, -0.2) is 9.79 Å². The maximum Gasteiger partial charge on any atom is 0.338 e. The first-order valence-electron chi connectivity index (χ1n) is 9.93. The summed E-state index contributed by atoms with van der Waals surface area (Å²) >= 11 is 2.83. The Morgan fingerprint density at radius 1 is 1.25 bits per heavy atom. The topological polar surface area (TPSA) is 79.1 Å². The van der Waals surface area contributed by atoms with Crippen LogP contribution < -0.4 is 24.4 Å². The van der Waals surface area contributed by atoms with Crippen LogP contribution in [0.4, 0.5) is 0 Å². The van der Waals surface area contributed by atoms with Crippen molar-refractivity contribution in [2.24, 2.45) is 4.99 Å². The molecule has 0 radical (unpaired) electrons. The molecule has 4 rings (SSSR count). The Morgan fingerprint density at radius 2 is 2.06 bits per heavy atom. The summed E-state index contributed by atoms with van der Waals surface area (Å²) in [5.41, 5.74) is 1.19. The number of esters is 1. The predicted molar refractivity (Wildman–Crippen MR) is 124 cm³/mol. The Balaban J connectivity index is 2.03. The summed E-state index contributed by atoms with van der Waals surface area (Å²) in [4.78, 5) is 32.6. The lowest BCUT2D eigenvalue weighted by Gasteiger charge is -2.26. The number of allylic oxidation sites excluding steroid dienone is 1. The fourth-order valence-electron chi connectivity index (χ4n) is 3.64. The third kappa shape index (κ3) is 3.89. The van der Waals surface area contributed by atoms with Crippen molar-refractivity contribution < 1.29 is 19.0 Å². The monoisotopic (exact) mass is 470 g/mol. The maximum absolute atomic E-state index is 13.6. The summed E-state index contributed by atoms with van der Waals surface area (Å²) in [6.07, 6.45) is 1.84. The molecule has 3 aromatic rings. The lowest BCUT2D eigenvalue weighted by molar-refractivity contribution is -0.139. The van der Waals surface area contributed by atoms with Crippen LogP contribution >= 0.6 is 22.7 Å². The molecule has 166 valence electrons. The van der Waals surface area contributed by atoms with Gasteiger partial charge in [-0.3, -0.25) is 9.36 Å². The van der Waals surface area contributed by atoms with Crippen molar-refractivity contribution in [3.8, 4) is 11.5 Å². The normalized spacial score (nSPS) is 15.9. The number of carbonyl (C=O) groups is 1. The second kappa shape index (κ2) is 9.13. The van der Waals surface area contributed by atoms with E-state index in [9.17, 15) is 9.59 Å². The molecule has 1 atom stereocenters. The van der Waals surface area contributed by atoms with Gasteiger partial charge in [0.2, 0.25) is 0 Å². The van der Waals surface area contributed by atoms with Crippen LogP contribution in [0.25, 0.3) is 6.08 Å². The van der Waals surface area contributed by atoms with E-state index in [0.29, 0.717) is 37.7 Å². The minimum absolute atomic E-state index is 0.209. The van der Waals surface area contributed by atoms with E-state index in [0.717, 1.165) is 4.88 Å². The SMILES string of the molecule is CCOC(=O)C1=C(C)N=c2s/c(=C\c3cccs3)c(=O)n2[C@H]1c1cc(OC)ccc1OC. The summed E-state index contributed by atoms with van der Waals surface area (Å²) in [7, 11) is 3.11. The molecular weight excluding hydrogens is 448 g/mol. The molecule has 1 aromatic carbocycles. The van der Waals surface area contributed by atoms with Crippen molar-refractivity contribution in [1.29, 1.82) is 0 Å². The Kier molecular flexibility index (Phi) is 6.29. The van der Waals surface area contributed by atoms with Crippen LogP contribution in [-0.2, 0) is 9.53 Å². The van der Waals surface area contributed by atoms with Gasteiger partial charge in [-0.2, -0.15) is 0 Å². The number of thiophene rings is 1. The molecule has 32 heavy (non-hydrogen) atoms. The molecule has 3 heterocycles. The van der Waals surface area contributed by atoms with Crippen LogP contribution in [0.1, 0.15) is 30.3 Å². The number of hydrogen-bond donors (Lipinski definition) is 0. The highest BCUT2D eigenvalue weighted by molar-refractivity contribution is 7.11. The molecule has 9 heteroatoms. The van der Waals surface area contributed by atoms with E-state index >= 15 is 0 Å². The highest BCUT2D eigenvalue weighted by atomic mass is 32.1. The smallest absolute Gasteiger partial charge is 0.338 e. The molecular formula is C23H22N2O5S2. The fraction of sp³-hybridized carbons (Fsp3) is 0.261. The van der Waals surface area contributed by atoms with E-state index in [2.05, 4.69) is 4.99 Å². The van der Waals surface area contributed by atoms with Gasteiger partial charge in [-0.15, -0.1) is 11.3 Å². The summed E-state index contributed by atoms with van der Waals surface area (Å²) in [5.74, 6) is 0.593. The third-order valence-corrected chi connectivity index (χ3v) is 6.87. The number of methoxy groups -OCH3 is 2. The van der Waals surface area contributed by atoms with Gasteiger partial charge < -0.3 is 14.2 Å². The van der Waals surface area contributed by atoms with Gasteiger partial charge in [0.1, 0.15) is 17.5 Å². The number of hydrogen-bond acceptors (Lipinski definition) is 8. The fourth-order valence-corrected chi connectivity index (χ4v) is 5.41. The minimum atomic E-state index is -0.763. The average Bonchev–Trinajstić information content (AvgIpc) is 3.40. The first kappa shape index (κ1) is 22.0. The molecule has 1 aliphatic rings. The first-order valence-corrected chi connectivity index (χ1v) is 11.6. The molecule has 0 saturated heterocycles. The van der Waals surface area contributed by atoms with Crippen LogP contribution in [0.3, 0.4) is 0 Å². The van der Waals surface area contributed by atoms with Crippen molar-refractivity contribution in [3.63, 3.8) is 0 Å². The average molecular weight is 471 g/mol. The van der Waals surface area contributed by atoms with Gasteiger partial charge in [0.15, 0.2) is 4.80 Å². The quantitative estimate of drug-likeness (QED) is 0.518. The molecule has 1 aliphatic heterocycles. The van der Waals surface area contributed by atoms with Gasteiger partial charge in [0, 0.05) is 10.4 Å². The number of rotatable bonds is 6.